The van der Waals surface area contributed by atoms with Gasteiger partial charge in [0.2, 0.25) is 0 Å². The van der Waals surface area contributed by atoms with Gasteiger partial charge in [-0.2, -0.15) is 0 Å². The number of nitrogens with zero attached hydrogens (tertiary/aromatic N) is 1. The van der Waals surface area contributed by atoms with E-state index in [4.69, 9.17) is 11.6 Å². The molecule has 0 radical (unpaired) electrons. The summed E-state index contributed by atoms with van der Waals surface area (Å²) >= 11 is 6.54. The molecule has 0 saturated heterocycles. The number of benzene rings is 4. The van der Waals surface area contributed by atoms with Crippen LogP contribution in [0.4, 0.5) is 5.69 Å². The number of rotatable bonds is 9. The van der Waals surface area contributed by atoms with E-state index in [1.54, 1.807) is 0 Å². The van der Waals surface area contributed by atoms with Crippen LogP contribution in [0.3, 0.4) is 0 Å². The minimum Gasteiger partial charge on any atom is -0.344 e. The molecule has 0 fully saturated rings. The van der Waals surface area contributed by atoms with Crippen molar-refractivity contribution in [2.24, 2.45) is 5.92 Å². The number of hydrogen-bond acceptors (Lipinski definition) is 1. The molecule has 0 amide bonds. The first kappa shape index (κ1) is 29.9. The van der Waals surface area contributed by atoms with Crippen LogP contribution in [0.15, 0.2) is 121 Å². The van der Waals surface area contributed by atoms with Crippen molar-refractivity contribution >= 4 is 28.1 Å². The Morgan fingerprint density at radius 1 is 0.976 bits per heavy atom. The number of fused-ring (bicyclic) bond motifs is 3. The zero-order valence-corrected chi connectivity index (χ0v) is 26.8. The maximum atomic E-state index is 6.54. The second-order valence-corrected chi connectivity index (χ2v) is 13.5. The van der Waals surface area contributed by atoms with Gasteiger partial charge in [-0.05, 0) is 88.6 Å². The third-order valence-electron chi connectivity index (χ3n) is 9.14. The topological polar surface area (TPSA) is 3.24 Å². The van der Waals surface area contributed by atoms with Crippen molar-refractivity contribution in [3.05, 3.63) is 148 Å². The second-order valence-electron chi connectivity index (χ2n) is 13.0. The molecule has 216 valence electrons. The van der Waals surface area contributed by atoms with E-state index in [1.165, 1.54) is 44.4 Å². The van der Waals surface area contributed by atoms with E-state index >= 15 is 0 Å². The first-order chi connectivity index (χ1) is 20.0. The molecular weight excluding hydrogens is 530 g/mol. The highest BCUT2D eigenvalue weighted by atomic mass is 35.5. The van der Waals surface area contributed by atoms with E-state index in [1.807, 2.05) is 6.07 Å². The largest absolute Gasteiger partial charge is 0.344 e. The van der Waals surface area contributed by atoms with Gasteiger partial charge in [0.15, 0.2) is 0 Å². The van der Waals surface area contributed by atoms with E-state index in [-0.39, 0.29) is 10.8 Å². The lowest BCUT2D eigenvalue weighted by Gasteiger charge is -2.33. The summed E-state index contributed by atoms with van der Waals surface area (Å²) in [6.45, 7) is 19.5. The first-order valence-electron chi connectivity index (χ1n) is 15.2. The highest BCUT2D eigenvalue weighted by molar-refractivity contribution is 6.30. The van der Waals surface area contributed by atoms with Gasteiger partial charge in [0.05, 0.1) is 0 Å². The van der Waals surface area contributed by atoms with Crippen LogP contribution < -0.4 is 4.90 Å². The van der Waals surface area contributed by atoms with Crippen LogP contribution >= 0.6 is 11.6 Å². The molecule has 0 spiro atoms. The van der Waals surface area contributed by atoms with Crippen molar-refractivity contribution in [3.8, 4) is 0 Å². The molecule has 1 heterocycles. The Balaban J connectivity index is 1.55. The van der Waals surface area contributed by atoms with Gasteiger partial charge in [0.25, 0.3) is 0 Å². The third-order valence-corrected chi connectivity index (χ3v) is 9.37. The molecule has 1 aliphatic heterocycles. The van der Waals surface area contributed by atoms with Gasteiger partial charge < -0.3 is 4.90 Å². The molecule has 0 aliphatic carbocycles. The summed E-state index contributed by atoms with van der Waals surface area (Å²) in [6, 6.07) is 30.3. The molecule has 0 N–H and O–H groups in total. The maximum absolute atomic E-state index is 6.54. The molecule has 2 heteroatoms. The SMILES string of the molecule is C=C(/C=C/C=C1/N(CCC(C)C)c2ccc3ccccc3c2C1(C)C)C(C)(Cc1ccccc1)c1cc(Cl)ccc1C. The van der Waals surface area contributed by atoms with Gasteiger partial charge in [-0.25, -0.2) is 0 Å². The van der Waals surface area contributed by atoms with Crippen LogP contribution in [0.25, 0.3) is 10.8 Å². The molecule has 0 saturated carbocycles. The van der Waals surface area contributed by atoms with Gasteiger partial charge in [-0.3, -0.25) is 0 Å². The summed E-state index contributed by atoms with van der Waals surface area (Å²) in [5.41, 5.74) is 8.45. The van der Waals surface area contributed by atoms with E-state index < -0.39 is 0 Å². The van der Waals surface area contributed by atoms with Gasteiger partial charge in [-0.15, -0.1) is 0 Å². The molecule has 42 heavy (non-hydrogen) atoms. The summed E-state index contributed by atoms with van der Waals surface area (Å²) in [5, 5.41) is 3.40. The summed E-state index contributed by atoms with van der Waals surface area (Å²) in [6.07, 6.45) is 8.75. The molecule has 5 rings (SSSR count). The number of hydrogen-bond donors (Lipinski definition) is 0. The molecule has 1 atom stereocenters. The van der Waals surface area contributed by atoms with E-state index in [2.05, 4.69) is 150 Å². The van der Waals surface area contributed by atoms with Crippen molar-refractivity contribution in [3.63, 3.8) is 0 Å². The van der Waals surface area contributed by atoms with Crippen molar-refractivity contribution in [1.29, 1.82) is 0 Å². The van der Waals surface area contributed by atoms with Gasteiger partial charge in [0.1, 0.15) is 0 Å². The maximum Gasteiger partial charge on any atom is 0.0457 e. The quantitative estimate of drug-likeness (QED) is 0.180. The highest BCUT2D eigenvalue weighted by Gasteiger charge is 2.41. The van der Waals surface area contributed by atoms with Crippen LogP contribution in [-0.4, -0.2) is 6.54 Å². The predicted octanol–water partition coefficient (Wildman–Crippen LogP) is 11.1. The Kier molecular flexibility index (Phi) is 8.53. The van der Waals surface area contributed by atoms with Crippen LogP contribution in [0, 0.1) is 12.8 Å². The standard InChI is InChI=1S/C40H44ClN/c1-28(2)24-25-42-36-23-21-32-17-11-12-18-34(32)38(36)39(5,6)37(42)19-13-14-30(4)40(7,27-31-15-9-8-10-16-31)35-26-33(41)22-20-29(35)3/h8-23,26,28H,4,24-25,27H2,1-3,5-7H3/b14-13+,37-19+. The van der Waals surface area contributed by atoms with E-state index in [9.17, 15) is 0 Å². The average Bonchev–Trinajstić information content (AvgIpc) is 3.19. The molecule has 0 bridgehead atoms. The number of halogens is 1. The zero-order valence-electron chi connectivity index (χ0n) is 26.0. The molecule has 1 unspecified atom stereocenters. The number of anilines is 1. The lowest BCUT2D eigenvalue weighted by Crippen LogP contribution is -2.28. The number of allylic oxidation sites excluding steroid dienone is 5. The van der Waals surface area contributed by atoms with Crippen LogP contribution in [0.2, 0.25) is 5.02 Å². The Hall–Kier alpha value is -3.55. The van der Waals surface area contributed by atoms with Gasteiger partial charge in [-0.1, -0.05) is 132 Å². The van der Waals surface area contributed by atoms with Crippen molar-refractivity contribution in [2.45, 2.75) is 65.2 Å². The fourth-order valence-electron chi connectivity index (χ4n) is 6.68. The fourth-order valence-corrected chi connectivity index (χ4v) is 6.85. The Morgan fingerprint density at radius 3 is 2.43 bits per heavy atom. The lowest BCUT2D eigenvalue weighted by molar-refractivity contribution is 0.564. The first-order valence-corrected chi connectivity index (χ1v) is 15.6. The van der Waals surface area contributed by atoms with Crippen LogP contribution in [0.5, 0.6) is 0 Å². The summed E-state index contributed by atoms with van der Waals surface area (Å²) < 4.78 is 0. The molecule has 4 aromatic carbocycles. The predicted molar refractivity (Wildman–Crippen MR) is 184 cm³/mol. The Morgan fingerprint density at radius 2 is 1.69 bits per heavy atom. The van der Waals surface area contributed by atoms with E-state index in [0.29, 0.717) is 5.92 Å². The van der Waals surface area contributed by atoms with Crippen LogP contribution in [-0.2, 0) is 17.3 Å². The summed E-state index contributed by atoms with van der Waals surface area (Å²) in [7, 11) is 0. The van der Waals surface area contributed by atoms with Crippen molar-refractivity contribution < 1.29 is 0 Å². The number of aryl methyl sites for hydroxylation is 1. The summed E-state index contributed by atoms with van der Waals surface area (Å²) in [5.74, 6) is 0.633. The van der Waals surface area contributed by atoms with Crippen molar-refractivity contribution in [1.82, 2.24) is 0 Å². The Labute approximate surface area is 258 Å². The zero-order chi connectivity index (χ0) is 30.1. The normalized spacial score (nSPS) is 16.9. The highest BCUT2D eigenvalue weighted by Crippen LogP contribution is 2.51. The second kappa shape index (κ2) is 12.0. The minimum absolute atomic E-state index is 0.129. The summed E-state index contributed by atoms with van der Waals surface area (Å²) in [4.78, 5) is 2.55. The van der Waals surface area contributed by atoms with Crippen LogP contribution in [0.1, 0.15) is 63.3 Å². The lowest BCUT2D eigenvalue weighted by atomic mass is 9.70. The smallest absolute Gasteiger partial charge is 0.0457 e. The van der Waals surface area contributed by atoms with E-state index in [0.717, 1.165) is 30.0 Å². The minimum atomic E-state index is -0.312. The van der Waals surface area contributed by atoms with Gasteiger partial charge >= 0.3 is 0 Å². The fraction of sp³-hybridized carbons (Fsp3) is 0.300. The third kappa shape index (κ3) is 5.72. The van der Waals surface area contributed by atoms with Crippen molar-refractivity contribution in [2.75, 3.05) is 11.4 Å². The molecule has 4 aromatic rings. The Bertz CT molecular complexity index is 1660. The molecule has 1 nitrogen and oxygen atoms in total. The molecule has 0 aromatic heterocycles. The molecular formula is C40H44ClN. The van der Waals surface area contributed by atoms with Gasteiger partial charge in [0, 0.05) is 33.8 Å². The monoisotopic (exact) mass is 573 g/mol. The molecule has 1 aliphatic rings. The average molecular weight is 574 g/mol.